The van der Waals surface area contributed by atoms with Crippen LogP contribution in [0.5, 0.6) is 5.75 Å². The standard InChI is InChI=1S/C20H23NO/c1-14(2)21-17(5)19-10-15(3)11-20(12-19)22-13-18-9-7-6-8-16(18)4/h6-12,21H,1,5,13H2,2-4H3. The third-order valence-electron chi connectivity index (χ3n) is 3.42. The highest BCUT2D eigenvalue weighted by atomic mass is 16.5. The molecule has 2 rings (SSSR count). The SMILES string of the molecule is C=C(C)NC(=C)c1cc(C)cc(OCc2ccccc2C)c1. The van der Waals surface area contributed by atoms with Crippen molar-refractivity contribution in [3.8, 4) is 5.75 Å². The number of benzene rings is 2. The first kappa shape index (κ1) is 15.9. The molecule has 0 aliphatic heterocycles. The number of hydrogen-bond donors (Lipinski definition) is 1. The van der Waals surface area contributed by atoms with Crippen LogP contribution in [0.2, 0.25) is 0 Å². The zero-order valence-corrected chi connectivity index (χ0v) is 13.6. The quantitative estimate of drug-likeness (QED) is 0.811. The molecule has 0 aliphatic carbocycles. The summed E-state index contributed by atoms with van der Waals surface area (Å²) in [5.74, 6) is 0.850. The van der Waals surface area contributed by atoms with Crippen LogP contribution in [0, 0.1) is 13.8 Å². The largest absolute Gasteiger partial charge is 0.489 e. The lowest BCUT2D eigenvalue weighted by Crippen LogP contribution is -2.07. The van der Waals surface area contributed by atoms with E-state index in [1.165, 1.54) is 11.1 Å². The molecule has 0 aliphatic rings. The highest BCUT2D eigenvalue weighted by molar-refractivity contribution is 5.65. The van der Waals surface area contributed by atoms with Crippen molar-refractivity contribution in [1.82, 2.24) is 5.32 Å². The molecule has 0 saturated carbocycles. The number of allylic oxidation sites excluding steroid dienone is 1. The van der Waals surface area contributed by atoms with Gasteiger partial charge in [-0.15, -0.1) is 0 Å². The third-order valence-corrected chi connectivity index (χ3v) is 3.42. The van der Waals surface area contributed by atoms with Gasteiger partial charge in [-0.2, -0.15) is 0 Å². The Bertz CT molecular complexity index is 701. The van der Waals surface area contributed by atoms with E-state index in [1.807, 2.05) is 31.2 Å². The molecule has 2 aromatic carbocycles. The number of nitrogens with one attached hydrogen (secondary N) is 1. The van der Waals surface area contributed by atoms with Gasteiger partial charge in [0.15, 0.2) is 0 Å². The van der Waals surface area contributed by atoms with E-state index in [0.717, 1.165) is 28.3 Å². The fourth-order valence-electron chi connectivity index (χ4n) is 2.27. The van der Waals surface area contributed by atoms with Gasteiger partial charge in [-0.25, -0.2) is 0 Å². The molecule has 22 heavy (non-hydrogen) atoms. The Balaban J connectivity index is 2.15. The van der Waals surface area contributed by atoms with E-state index >= 15 is 0 Å². The molecule has 0 bridgehead atoms. The average Bonchev–Trinajstić information content (AvgIpc) is 2.45. The van der Waals surface area contributed by atoms with Gasteiger partial charge < -0.3 is 10.1 Å². The van der Waals surface area contributed by atoms with Gasteiger partial charge in [0.1, 0.15) is 12.4 Å². The van der Waals surface area contributed by atoms with Gasteiger partial charge in [-0.05, 0) is 55.7 Å². The molecular weight excluding hydrogens is 270 g/mol. The number of rotatable bonds is 6. The second-order valence-electron chi connectivity index (χ2n) is 5.63. The minimum atomic E-state index is 0.565. The minimum Gasteiger partial charge on any atom is -0.489 e. The fourth-order valence-corrected chi connectivity index (χ4v) is 2.27. The molecule has 0 heterocycles. The van der Waals surface area contributed by atoms with Gasteiger partial charge in [-0.1, -0.05) is 37.4 Å². The Morgan fingerprint density at radius 1 is 1.09 bits per heavy atom. The number of ether oxygens (including phenoxy) is 1. The molecule has 0 amide bonds. The Kier molecular flexibility index (Phi) is 5.05. The molecule has 0 saturated heterocycles. The lowest BCUT2D eigenvalue weighted by molar-refractivity contribution is 0.305. The van der Waals surface area contributed by atoms with Crippen molar-refractivity contribution in [1.29, 1.82) is 0 Å². The van der Waals surface area contributed by atoms with Crippen LogP contribution in [-0.4, -0.2) is 0 Å². The summed E-state index contributed by atoms with van der Waals surface area (Å²) in [4.78, 5) is 0. The summed E-state index contributed by atoms with van der Waals surface area (Å²) in [6.45, 7) is 14.5. The maximum absolute atomic E-state index is 5.96. The van der Waals surface area contributed by atoms with Crippen molar-refractivity contribution in [3.05, 3.63) is 83.6 Å². The smallest absolute Gasteiger partial charge is 0.120 e. The molecule has 0 atom stereocenters. The maximum Gasteiger partial charge on any atom is 0.120 e. The van der Waals surface area contributed by atoms with E-state index < -0.39 is 0 Å². The van der Waals surface area contributed by atoms with Crippen LogP contribution in [0.15, 0.2) is 61.3 Å². The normalized spacial score (nSPS) is 10.1. The zero-order chi connectivity index (χ0) is 16.1. The molecule has 0 spiro atoms. The first-order valence-electron chi connectivity index (χ1n) is 7.36. The van der Waals surface area contributed by atoms with Gasteiger partial charge >= 0.3 is 0 Å². The minimum absolute atomic E-state index is 0.565. The highest BCUT2D eigenvalue weighted by Crippen LogP contribution is 2.22. The van der Waals surface area contributed by atoms with Crippen molar-refractivity contribution in [2.45, 2.75) is 27.4 Å². The molecule has 2 heteroatoms. The molecule has 0 fully saturated rings. The Morgan fingerprint density at radius 3 is 2.50 bits per heavy atom. The summed E-state index contributed by atoms with van der Waals surface area (Å²) in [7, 11) is 0. The summed E-state index contributed by atoms with van der Waals surface area (Å²) >= 11 is 0. The number of hydrogen-bond acceptors (Lipinski definition) is 2. The van der Waals surface area contributed by atoms with E-state index in [-0.39, 0.29) is 0 Å². The van der Waals surface area contributed by atoms with Crippen molar-refractivity contribution in [2.24, 2.45) is 0 Å². The highest BCUT2D eigenvalue weighted by Gasteiger charge is 2.05. The van der Waals surface area contributed by atoms with E-state index in [1.54, 1.807) is 0 Å². The van der Waals surface area contributed by atoms with Crippen LogP contribution in [0.25, 0.3) is 5.70 Å². The molecular formula is C20H23NO. The van der Waals surface area contributed by atoms with Crippen molar-refractivity contribution < 1.29 is 4.74 Å². The van der Waals surface area contributed by atoms with E-state index in [4.69, 9.17) is 4.74 Å². The zero-order valence-electron chi connectivity index (χ0n) is 13.6. The first-order chi connectivity index (χ1) is 10.5. The summed E-state index contributed by atoms with van der Waals surface area (Å²) in [6, 6.07) is 14.4. The maximum atomic E-state index is 5.96. The molecule has 0 aromatic heterocycles. The summed E-state index contributed by atoms with van der Waals surface area (Å²) in [5.41, 5.74) is 6.30. The molecule has 114 valence electrons. The summed E-state index contributed by atoms with van der Waals surface area (Å²) in [6.07, 6.45) is 0. The lowest BCUT2D eigenvalue weighted by Gasteiger charge is -2.13. The lowest BCUT2D eigenvalue weighted by atomic mass is 10.1. The Hall–Kier alpha value is -2.48. The average molecular weight is 293 g/mol. The van der Waals surface area contributed by atoms with Crippen LogP contribution in [0.1, 0.15) is 29.2 Å². The fraction of sp³-hybridized carbons (Fsp3) is 0.200. The Labute approximate surface area is 133 Å². The number of aryl methyl sites for hydroxylation is 2. The van der Waals surface area contributed by atoms with Crippen LogP contribution in [0.4, 0.5) is 0 Å². The molecule has 2 nitrogen and oxygen atoms in total. The van der Waals surface area contributed by atoms with Crippen molar-refractivity contribution in [3.63, 3.8) is 0 Å². The molecule has 0 radical (unpaired) electrons. The monoisotopic (exact) mass is 293 g/mol. The topological polar surface area (TPSA) is 21.3 Å². The van der Waals surface area contributed by atoms with Crippen LogP contribution in [-0.2, 0) is 6.61 Å². The van der Waals surface area contributed by atoms with Gasteiger partial charge in [0.2, 0.25) is 0 Å². The van der Waals surface area contributed by atoms with Gasteiger partial charge in [-0.3, -0.25) is 0 Å². The van der Waals surface area contributed by atoms with Gasteiger partial charge in [0, 0.05) is 17.0 Å². The van der Waals surface area contributed by atoms with Crippen molar-refractivity contribution >= 4 is 5.70 Å². The first-order valence-corrected chi connectivity index (χ1v) is 7.36. The van der Waals surface area contributed by atoms with Gasteiger partial charge in [0.25, 0.3) is 0 Å². The molecule has 0 unspecified atom stereocenters. The third kappa shape index (κ3) is 4.26. The van der Waals surface area contributed by atoms with Crippen LogP contribution in [0.3, 0.4) is 0 Å². The summed E-state index contributed by atoms with van der Waals surface area (Å²) < 4.78 is 5.96. The predicted octanol–water partition coefficient (Wildman–Crippen LogP) is 4.98. The van der Waals surface area contributed by atoms with Crippen LogP contribution < -0.4 is 10.1 Å². The van der Waals surface area contributed by atoms with E-state index in [0.29, 0.717) is 6.61 Å². The van der Waals surface area contributed by atoms with Crippen LogP contribution >= 0.6 is 0 Å². The van der Waals surface area contributed by atoms with E-state index in [2.05, 4.69) is 50.5 Å². The summed E-state index contributed by atoms with van der Waals surface area (Å²) in [5, 5.41) is 3.15. The molecule has 2 aromatic rings. The second kappa shape index (κ2) is 6.99. The second-order valence-corrected chi connectivity index (χ2v) is 5.63. The van der Waals surface area contributed by atoms with E-state index in [9.17, 15) is 0 Å². The van der Waals surface area contributed by atoms with Gasteiger partial charge in [0.05, 0.1) is 0 Å². The van der Waals surface area contributed by atoms with Crippen molar-refractivity contribution in [2.75, 3.05) is 0 Å². The predicted molar refractivity (Wildman–Crippen MR) is 93.7 cm³/mol. The molecule has 1 N–H and O–H groups in total. The Morgan fingerprint density at radius 2 is 1.82 bits per heavy atom.